The number of pyridine rings is 1. The van der Waals surface area contributed by atoms with Gasteiger partial charge in [-0.05, 0) is 24.6 Å². The standard InChI is InChI=1S/C35H36Cl2F3N7O3/c1-46-27-11-14-47(15-12-35(38,39)40)19-26(27)44-33(46)34(49)45-25-5-3-4-23(30(25)36)24-10-13-42-32(31(24)37)20-6-7-21(28(16-20)50-2)17-41-18-22-8-9-29(48)43-22/h3-7,10,13,16,22,41H,8-9,11-12,14-15,17-19H2,1-2H3,(H,43,48)(H,45,49)/t22-/m1/s1. The normalized spacial score (nSPS) is 16.3. The van der Waals surface area contributed by atoms with Crippen LogP contribution in [-0.4, -0.2) is 70.2 Å². The monoisotopic (exact) mass is 729 g/mol. The molecule has 4 heterocycles. The number of benzene rings is 2. The molecule has 3 N–H and O–H groups in total. The van der Waals surface area contributed by atoms with Gasteiger partial charge in [-0.15, -0.1) is 0 Å². The molecule has 6 rings (SSSR count). The molecule has 2 amide bonds. The smallest absolute Gasteiger partial charge is 0.390 e. The van der Waals surface area contributed by atoms with Crippen molar-refractivity contribution < 1.29 is 27.5 Å². The van der Waals surface area contributed by atoms with Gasteiger partial charge in [-0.25, -0.2) is 4.98 Å². The van der Waals surface area contributed by atoms with Crippen LogP contribution in [-0.2, 0) is 31.4 Å². The van der Waals surface area contributed by atoms with Crippen molar-refractivity contribution in [1.82, 2.24) is 30.1 Å². The van der Waals surface area contributed by atoms with Crippen LogP contribution in [0.3, 0.4) is 0 Å². The average Bonchev–Trinajstić information content (AvgIpc) is 3.66. The zero-order chi connectivity index (χ0) is 35.6. The number of carbonyl (C=O) groups excluding carboxylic acids is 2. The van der Waals surface area contributed by atoms with Crippen LogP contribution in [0.15, 0.2) is 48.7 Å². The maximum absolute atomic E-state index is 13.4. The van der Waals surface area contributed by atoms with E-state index >= 15 is 0 Å². The fourth-order valence-corrected chi connectivity index (χ4v) is 6.98. The third-order valence-corrected chi connectivity index (χ3v) is 9.82. The first kappa shape index (κ1) is 35.6. The van der Waals surface area contributed by atoms with E-state index in [4.69, 9.17) is 27.9 Å². The Kier molecular flexibility index (Phi) is 10.7. The summed E-state index contributed by atoms with van der Waals surface area (Å²) in [6, 6.07) is 12.8. The Morgan fingerprint density at radius 1 is 1.12 bits per heavy atom. The molecular weight excluding hydrogens is 694 g/mol. The highest BCUT2D eigenvalue weighted by Crippen LogP contribution is 2.41. The molecule has 10 nitrogen and oxygen atoms in total. The molecule has 0 aliphatic carbocycles. The second kappa shape index (κ2) is 15.0. The molecule has 0 radical (unpaired) electrons. The number of ether oxygens (including phenoxy) is 1. The number of halogens is 5. The number of amides is 2. The molecule has 50 heavy (non-hydrogen) atoms. The van der Waals surface area contributed by atoms with Crippen molar-refractivity contribution in [2.75, 3.05) is 32.1 Å². The van der Waals surface area contributed by atoms with Gasteiger partial charge in [0.1, 0.15) is 5.75 Å². The molecule has 0 unspecified atom stereocenters. The van der Waals surface area contributed by atoms with Gasteiger partial charge in [-0.3, -0.25) is 19.5 Å². The summed E-state index contributed by atoms with van der Waals surface area (Å²) in [5.41, 5.74) is 5.10. The third kappa shape index (κ3) is 7.91. The van der Waals surface area contributed by atoms with E-state index in [2.05, 4.69) is 25.9 Å². The maximum atomic E-state index is 13.4. The molecule has 15 heteroatoms. The number of rotatable bonds is 11. The van der Waals surface area contributed by atoms with Crippen LogP contribution >= 0.6 is 23.2 Å². The van der Waals surface area contributed by atoms with Gasteiger partial charge in [-0.1, -0.05) is 47.5 Å². The van der Waals surface area contributed by atoms with Gasteiger partial charge in [0.15, 0.2) is 5.82 Å². The highest BCUT2D eigenvalue weighted by molar-refractivity contribution is 6.39. The maximum Gasteiger partial charge on any atom is 0.390 e. The Morgan fingerprint density at radius 3 is 2.66 bits per heavy atom. The first-order valence-electron chi connectivity index (χ1n) is 16.2. The molecule has 2 aliphatic rings. The lowest BCUT2D eigenvalue weighted by molar-refractivity contribution is -0.138. The molecule has 0 spiro atoms. The second-order valence-corrected chi connectivity index (χ2v) is 13.1. The fourth-order valence-electron chi connectivity index (χ4n) is 6.38. The summed E-state index contributed by atoms with van der Waals surface area (Å²) in [7, 11) is 3.32. The minimum atomic E-state index is -4.24. The summed E-state index contributed by atoms with van der Waals surface area (Å²) in [6.45, 7) is 1.76. The van der Waals surface area contributed by atoms with Crippen molar-refractivity contribution in [3.8, 4) is 28.1 Å². The number of alkyl halides is 3. The molecule has 1 atom stereocenters. The van der Waals surface area contributed by atoms with Crippen LogP contribution in [0.5, 0.6) is 5.75 Å². The van der Waals surface area contributed by atoms with Crippen LogP contribution < -0.4 is 20.7 Å². The van der Waals surface area contributed by atoms with Gasteiger partial charge in [-0.2, -0.15) is 13.2 Å². The molecule has 0 bridgehead atoms. The number of fused-ring (bicyclic) bond motifs is 1. The first-order chi connectivity index (χ1) is 23.9. The Labute approximate surface area is 297 Å². The largest absolute Gasteiger partial charge is 0.496 e. The van der Waals surface area contributed by atoms with E-state index in [1.54, 1.807) is 54.1 Å². The van der Waals surface area contributed by atoms with Gasteiger partial charge in [0.05, 0.1) is 40.7 Å². The van der Waals surface area contributed by atoms with Crippen LogP contribution in [0, 0.1) is 0 Å². The zero-order valence-electron chi connectivity index (χ0n) is 27.5. The first-order valence-corrected chi connectivity index (χ1v) is 16.9. The second-order valence-electron chi connectivity index (χ2n) is 12.4. The number of methoxy groups -OCH3 is 1. The molecule has 1 fully saturated rings. The number of imidazole rings is 1. The molecule has 0 saturated carbocycles. The number of nitrogens with zero attached hydrogens (tertiary/aromatic N) is 4. The quantitative estimate of drug-likeness (QED) is 0.164. The van der Waals surface area contributed by atoms with Crippen molar-refractivity contribution in [1.29, 1.82) is 0 Å². The topological polar surface area (TPSA) is 113 Å². The Balaban J connectivity index is 1.18. The number of carbonyl (C=O) groups is 2. The minimum absolute atomic E-state index is 0.0766. The van der Waals surface area contributed by atoms with E-state index < -0.39 is 18.5 Å². The SMILES string of the molecule is COc1cc(-c2nccc(-c3cccc(NC(=O)c4nc5c(n4C)CCN(CCC(F)(F)F)C5)c3Cl)c2Cl)ccc1CNC[C@H]1CCC(=O)N1. The number of anilines is 1. The van der Waals surface area contributed by atoms with E-state index in [0.717, 1.165) is 23.2 Å². The van der Waals surface area contributed by atoms with Crippen molar-refractivity contribution in [2.24, 2.45) is 7.05 Å². The van der Waals surface area contributed by atoms with Crippen molar-refractivity contribution in [2.45, 2.75) is 51.0 Å². The van der Waals surface area contributed by atoms with E-state index in [9.17, 15) is 22.8 Å². The predicted octanol–water partition coefficient (Wildman–Crippen LogP) is 6.40. The molecule has 1 saturated heterocycles. The molecule has 4 aromatic rings. The van der Waals surface area contributed by atoms with Gasteiger partial charge in [0.25, 0.3) is 5.91 Å². The van der Waals surface area contributed by atoms with Crippen molar-refractivity contribution in [3.63, 3.8) is 0 Å². The number of aromatic nitrogens is 3. The van der Waals surface area contributed by atoms with Gasteiger partial charge < -0.3 is 25.3 Å². The highest BCUT2D eigenvalue weighted by atomic mass is 35.5. The summed E-state index contributed by atoms with van der Waals surface area (Å²) in [6.07, 6.45) is -1.66. The molecule has 2 aliphatic heterocycles. The lowest BCUT2D eigenvalue weighted by atomic mass is 10.0. The van der Waals surface area contributed by atoms with E-state index in [1.807, 2.05) is 18.2 Å². The summed E-state index contributed by atoms with van der Waals surface area (Å²) in [5.74, 6) is 0.365. The Hall–Kier alpha value is -4.17. The highest BCUT2D eigenvalue weighted by Gasteiger charge is 2.31. The molecular formula is C35H36Cl2F3N7O3. The fraction of sp³-hybridized carbons (Fsp3) is 0.371. The molecule has 2 aromatic carbocycles. The van der Waals surface area contributed by atoms with Crippen LogP contribution in [0.25, 0.3) is 22.4 Å². The van der Waals surface area contributed by atoms with E-state index in [0.29, 0.717) is 71.5 Å². The van der Waals surface area contributed by atoms with Crippen LogP contribution in [0.4, 0.5) is 18.9 Å². The molecule has 2 aromatic heterocycles. The summed E-state index contributed by atoms with van der Waals surface area (Å²) < 4.78 is 45.7. The summed E-state index contributed by atoms with van der Waals surface area (Å²) >= 11 is 13.8. The third-order valence-electron chi connectivity index (χ3n) is 9.03. The van der Waals surface area contributed by atoms with Gasteiger partial charge >= 0.3 is 6.18 Å². The van der Waals surface area contributed by atoms with Gasteiger partial charge in [0.2, 0.25) is 5.91 Å². The summed E-state index contributed by atoms with van der Waals surface area (Å²) in [4.78, 5) is 35.7. The number of hydrogen-bond acceptors (Lipinski definition) is 7. The van der Waals surface area contributed by atoms with Gasteiger partial charge in [0, 0.05) is 92.8 Å². The number of nitrogens with one attached hydrogen (secondary N) is 3. The Morgan fingerprint density at radius 2 is 1.92 bits per heavy atom. The van der Waals surface area contributed by atoms with Crippen LogP contribution in [0.1, 0.15) is 46.8 Å². The Bertz CT molecular complexity index is 1920. The van der Waals surface area contributed by atoms with Crippen LogP contribution in [0.2, 0.25) is 10.0 Å². The van der Waals surface area contributed by atoms with Crippen molar-refractivity contribution in [3.05, 3.63) is 81.5 Å². The lowest BCUT2D eigenvalue weighted by Crippen LogP contribution is -2.35. The lowest BCUT2D eigenvalue weighted by Gasteiger charge is -2.26. The zero-order valence-corrected chi connectivity index (χ0v) is 29.0. The minimum Gasteiger partial charge on any atom is -0.496 e. The van der Waals surface area contributed by atoms with Crippen molar-refractivity contribution >= 4 is 40.7 Å². The average molecular weight is 731 g/mol. The number of hydrogen-bond donors (Lipinski definition) is 3. The van der Waals surface area contributed by atoms with E-state index in [-0.39, 0.29) is 35.9 Å². The molecule has 264 valence electrons. The summed E-state index contributed by atoms with van der Waals surface area (Å²) in [5, 5.41) is 9.79. The van der Waals surface area contributed by atoms with E-state index in [1.165, 1.54) is 0 Å². The predicted molar refractivity (Wildman–Crippen MR) is 185 cm³/mol.